The van der Waals surface area contributed by atoms with E-state index in [9.17, 15) is 4.57 Å². The molecule has 174 valence electrons. The highest BCUT2D eigenvalue weighted by Crippen LogP contribution is 2.45. The average molecular weight is 456 g/mol. The van der Waals surface area contributed by atoms with Crippen LogP contribution >= 0.6 is 8.03 Å². The van der Waals surface area contributed by atoms with E-state index in [1.54, 1.807) is 0 Å². The lowest BCUT2D eigenvalue weighted by atomic mass is 9.71. The molecule has 3 rings (SSSR count). The highest BCUT2D eigenvalue weighted by atomic mass is 31.1. The van der Waals surface area contributed by atoms with Crippen molar-refractivity contribution in [1.82, 2.24) is 0 Å². The van der Waals surface area contributed by atoms with Crippen molar-refractivity contribution in [3.8, 4) is 0 Å². The van der Waals surface area contributed by atoms with Gasteiger partial charge in [-0.1, -0.05) is 133 Å². The van der Waals surface area contributed by atoms with E-state index in [2.05, 4.69) is 36.4 Å². The fourth-order valence-electron chi connectivity index (χ4n) is 3.29. The van der Waals surface area contributed by atoms with E-state index in [4.69, 9.17) is 9.26 Å². The van der Waals surface area contributed by atoms with Crippen molar-refractivity contribution in [1.29, 1.82) is 0 Å². The molecule has 3 nitrogen and oxygen atoms in total. The first-order valence-electron chi connectivity index (χ1n) is 11.5. The second-order valence-electron chi connectivity index (χ2n) is 6.03. The van der Waals surface area contributed by atoms with Crippen LogP contribution in [-0.2, 0) is 19.2 Å². The Morgan fingerprint density at radius 1 is 0.625 bits per heavy atom. The zero-order valence-electron chi connectivity index (χ0n) is 20.7. The first kappa shape index (κ1) is 29.7. The van der Waals surface area contributed by atoms with Gasteiger partial charge in [-0.3, -0.25) is 0 Å². The van der Waals surface area contributed by atoms with E-state index in [0.717, 1.165) is 16.7 Å². The normalized spacial score (nSPS) is 10.3. The maximum absolute atomic E-state index is 12.8. The third-order valence-electron chi connectivity index (χ3n) is 4.48. The van der Waals surface area contributed by atoms with Gasteiger partial charge in [0.15, 0.2) is 6.16 Å². The summed E-state index contributed by atoms with van der Waals surface area (Å²) in [5, 5.41) is 0. The highest BCUT2D eigenvalue weighted by molar-refractivity contribution is 7.39. The summed E-state index contributed by atoms with van der Waals surface area (Å²) in [7, 11) is -0.390. The van der Waals surface area contributed by atoms with Crippen molar-refractivity contribution in [2.75, 3.05) is 20.1 Å². The Bertz CT molecular complexity index is 724. The topological polar surface area (TPSA) is 35.5 Å². The van der Waals surface area contributed by atoms with Crippen LogP contribution < -0.4 is 0 Å². The summed E-state index contributed by atoms with van der Waals surface area (Å²) < 4.78 is 23.1. The van der Waals surface area contributed by atoms with Gasteiger partial charge < -0.3 is 4.74 Å². The van der Waals surface area contributed by atoms with Crippen molar-refractivity contribution in [2.24, 2.45) is 0 Å². The third-order valence-corrected chi connectivity index (χ3v) is 5.61. The van der Waals surface area contributed by atoms with Gasteiger partial charge in [-0.2, -0.15) is 0 Å². The van der Waals surface area contributed by atoms with E-state index in [0.29, 0.717) is 6.16 Å². The molecule has 1 atom stereocenters. The molecule has 0 bridgehead atoms. The summed E-state index contributed by atoms with van der Waals surface area (Å²) in [5.41, 5.74) is 2.69. The Morgan fingerprint density at radius 2 is 0.938 bits per heavy atom. The van der Waals surface area contributed by atoms with Crippen LogP contribution in [0.4, 0.5) is 0 Å². The first-order valence-corrected chi connectivity index (χ1v) is 12.9. The molecule has 0 heterocycles. The quantitative estimate of drug-likeness (QED) is 0.194. The van der Waals surface area contributed by atoms with E-state index in [-0.39, 0.29) is 6.79 Å². The van der Waals surface area contributed by atoms with Crippen LogP contribution in [0.1, 0.15) is 58.2 Å². The van der Waals surface area contributed by atoms with E-state index in [1.165, 1.54) is 7.11 Å². The van der Waals surface area contributed by atoms with Crippen LogP contribution in [0.3, 0.4) is 0 Å². The third kappa shape index (κ3) is 8.31. The molecule has 0 spiro atoms. The van der Waals surface area contributed by atoms with Crippen LogP contribution in [-0.4, -0.2) is 20.1 Å². The molecule has 3 aromatic carbocycles. The Kier molecular flexibility index (Phi) is 16.9. The lowest BCUT2D eigenvalue weighted by Gasteiger charge is -2.31. The van der Waals surface area contributed by atoms with Gasteiger partial charge in [0.05, 0.1) is 5.41 Å². The van der Waals surface area contributed by atoms with Crippen LogP contribution in [0.2, 0.25) is 0 Å². The Hall–Kier alpha value is -2.32. The number of methoxy groups -OCH3 is 1. The summed E-state index contributed by atoms with van der Waals surface area (Å²) >= 11 is 0. The van der Waals surface area contributed by atoms with Crippen molar-refractivity contribution >= 4 is 8.03 Å². The zero-order valence-corrected chi connectivity index (χ0v) is 21.6. The molecule has 0 aromatic heterocycles. The smallest absolute Gasteiger partial charge is 0.354 e. The average Bonchev–Trinajstić information content (AvgIpc) is 2.91. The molecule has 0 saturated heterocycles. The minimum Gasteiger partial charge on any atom is -0.354 e. The van der Waals surface area contributed by atoms with Crippen molar-refractivity contribution < 1.29 is 13.8 Å². The van der Waals surface area contributed by atoms with Gasteiger partial charge in [-0.15, -0.1) is 4.52 Å². The van der Waals surface area contributed by atoms with E-state index >= 15 is 0 Å². The molecule has 0 aliphatic rings. The number of benzene rings is 3. The SMILES string of the molecule is CC.CC.CC.COCO[P+](=O)CC(c1ccccc1)(c1ccccc1)c1ccccc1. The lowest BCUT2D eigenvalue weighted by molar-refractivity contribution is 0.0570. The molecular formula is C28H40O3P+. The summed E-state index contributed by atoms with van der Waals surface area (Å²) in [4.78, 5) is 0. The van der Waals surface area contributed by atoms with Crippen LogP contribution in [0.5, 0.6) is 0 Å². The molecule has 32 heavy (non-hydrogen) atoms. The molecule has 0 aliphatic carbocycles. The maximum atomic E-state index is 12.8. The first-order chi connectivity index (χ1) is 15.8. The molecule has 0 aliphatic heterocycles. The Labute approximate surface area is 196 Å². The van der Waals surface area contributed by atoms with E-state index < -0.39 is 13.4 Å². The van der Waals surface area contributed by atoms with Crippen LogP contribution in [0, 0.1) is 0 Å². The fourth-order valence-corrected chi connectivity index (χ4v) is 4.54. The molecule has 0 amide bonds. The van der Waals surface area contributed by atoms with Gasteiger partial charge in [-0.05, 0) is 21.3 Å². The highest BCUT2D eigenvalue weighted by Gasteiger charge is 2.44. The monoisotopic (exact) mass is 455 g/mol. The molecule has 3 aromatic rings. The minimum absolute atomic E-state index is 0.0175. The Balaban J connectivity index is 0.00000148. The summed E-state index contributed by atoms with van der Waals surface area (Å²) in [6.07, 6.45) is 0.337. The van der Waals surface area contributed by atoms with Crippen molar-refractivity contribution in [3.63, 3.8) is 0 Å². The van der Waals surface area contributed by atoms with Crippen molar-refractivity contribution in [3.05, 3.63) is 108 Å². The molecule has 0 radical (unpaired) electrons. The predicted molar refractivity (Wildman–Crippen MR) is 139 cm³/mol. The molecular weight excluding hydrogens is 415 g/mol. The zero-order chi connectivity index (χ0) is 24.2. The standard InChI is InChI=1S/C22H22O3P.3C2H6/c1-24-18-25-26(23)17-22(19-11-5-2-6-12-19,20-13-7-3-8-14-20)21-15-9-4-10-16-21;3*1-2/h2-16H,17-18H2,1H3;3*1-2H3/q+1;;;. The molecule has 4 heteroatoms. The number of hydrogen-bond donors (Lipinski definition) is 0. The van der Waals surface area contributed by atoms with Gasteiger partial charge in [-0.25, -0.2) is 0 Å². The summed E-state index contributed by atoms with van der Waals surface area (Å²) in [5.74, 6) is 0. The van der Waals surface area contributed by atoms with E-state index in [1.807, 2.05) is 96.1 Å². The summed E-state index contributed by atoms with van der Waals surface area (Å²) in [6, 6.07) is 30.5. The van der Waals surface area contributed by atoms with Gasteiger partial charge in [0.2, 0.25) is 6.79 Å². The second-order valence-corrected chi connectivity index (χ2v) is 7.27. The lowest BCUT2D eigenvalue weighted by Crippen LogP contribution is -2.32. The molecule has 0 saturated carbocycles. The van der Waals surface area contributed by atoms with Crippen LogP contribution in [0.25, 0.3) is 0 Å². The largest absolute Gasteiger partial charge is 0.512 e. The predicted octanol–water partition coefficient (Wildman–Crippen LogP) is 8.46. The minimum atomic E-state index is -1.92. The number of ether oxygens (including phenoxy) is 1. The molecule has 0 fully saturated rings. The fraction of sp³-hybridized carbons (Fsp3) is 0.357. The number of hydrogen-bond acceptors (Lipinski definition) is 3. The molecule has 1 unspecified atom stereocenters. The second kappa shape index (κ2) is 18.3. The van der Waals surface area contributed by atoms with Crippen molar-refractivity contribution in [2.45, 2.75) is 47.0 Å². The Morgan fingerprint density at radius 3 is 1.22 bits per heavy atom. The number of rotatable bonds is 8. The van der Waals surface area contributed by atoms with Gasteiger partial charge in [0, 0.05) is 7.11 Å². The van der Waals surface area contributed by atoms with Crippen LogP contribution in [0.15, 0.2) is 91.0 Å². The maximum Gasteiger partial charge on any atom is 0.512 e. The molecule has 0 N–H and O–H groups in total. The van der Waals surface area contributed by atoms with Gasteiger partial charge in [0.1, 0.15) is 0 Å². The van der Waals surface area contributed by atoms with Gasteiger partial charge >= 0.3 is 8.03 Å². The van der Waals surface area contributed by atoms with Gasteiger partial charge in [0.25, 0.3) is 0 Å². The summed E-state index contributed by atoms with van der Waals surface area (Å²) in [6.45, 7) is 12.0.